The highest BCUT2D eigenvalue weighted by Crippen LogP contribution is 2.38. The Hall–Kier alpha value is -4.00. The Morgan fingerprint density at radius 2 is 1.64 bits per heavy atom. The molecule has 196 valence electrons. The molecule has 10 nitrogen and oxygen atoms in total. The second-order valence-corrected chi connectivity index (χ2v) is 12.4. The van der Waals surface area contributed by atoms with Gasteiger partial charge in [0.1, 0.15) is 4.90 Å². The molecular formula is C27H22N6O4S2. The van der Waals surface area contributed by atoms with Crippen LogP contribution < -0.4 is 5.69 Å². The summed E-state index contributed by atoms with van der Waals surface area (Å²) in [6, 6.07) is 20.5. The Kier molecular flexibility index (Phi) is 5.76. The molecule has 0 atom stereocenters. The maximum absolute atomic E-state index is 13.7. The molecule has 0 aliphatic carbocycles. The molecular weight excluding hydrogens is 536 g/mol. The highest BCUT2D eigenvalue weighted by molar-refractivity contribution is 7.99. The zero-order valence-electron chi connectivity index (χ0n) is 20.5. The van der Waals surface area contributed by atoms with Crippen molar-refractivity contribution in [2.24, 2.45) is 0 Å². The van der Waals surface area contributed by atoms with E-state index in [2.05, 4.69) is 20.3 Å². The lowest BCUT2D eigenvalue weighted by Crippen LogP contribution is -2.40. The maximum Gasteiger partial charge on any atom is 0.326 e. The molecule has 1 N–H and O–H groups in total. The van der Waals surface area contributed by atoms with Crippen LogP contribution in [0.15, 0.2) is 97.0 Å². The highest BCUT2D eigenvalue weighted by atomic mass is 32.2. The number of aromatic amines is 1. The Labute approximate surface area is 226 Å². The minimum absolute atomic E-state index is 0.0573. The van der Waals surface area contributed by atoms with Gasteiger partial charge in [-0.15, -0.1) is 0 Å². The van der Waals surface area contributed by atoms with Crippen LogP contribution in [0.3, 0.4) is 0 Å². The number of aromatic nitrogens is 5. The SMILES string of the molecule is O=c1[nH]c2ccccc2n1C1CCN(S(=O)(=O)c2ccc(Sc3cccc4cccnc34)c3nonc23)CC1. The normalized spacial score (nSPS) is 15.5. The molecule has 6 aromatic rings. The molecule has 12 heteroatoms. The fourth-order valence-corrected chi connectivity index (χ4v) is 7.91. The standard InChI is InChI=1S/C27H22N6O4S2/c34-27-29-19-7-1-2-8-20(19)33(27)18-12-15-32(16-13-18)39(35,36)23-11-10-22(25-26(23)31-37-30-25)38-21-9-3-5-17-6-4-14-28-24(17)21/h1-11,14,18H,12-13,15-16H2,(H,29,34). The average molecular weight is 559 g/mol. The minimum Gasteiger partial charge on any atom is -0.306 e. The second-order valence-electron chi connectivity index (χ2n) is 9.41. The van der Waals surface area contributed by atoms with E-state index >= 15 is 0 Å². The number of imidazole rings is 1. The monoisotopic (exact) mass is 558 g/mol. The molecule has 4 heterocycles. The largest absolute Gasteiger partial charge is 0.326 e. The van der Waals surface area contributed by atoms with Crippen molar-refractivity contribution in [1.82, 2.24) is 29.2 Å². The number of hydrogen-bond acceptors (Lipinski definition) is 8. The highest BCUT2D eigenvalue weighted by Gasteiger charge is 2.33. The molecule has 0 saturated carbocycles. The number of piperidine rings is 1. The molecule has 3 aromatic heterocycles. The number of rotatable bonds is 5. The average Bonchev–Trinajstić information content (AvgIpc) is 3.58. The third-order valence-electron chi connectivity index (χ3n) is 7.19. The van der Waals surface area contributed by atoms with Crippen molar-refractivity contribution in [3.8, 4) is 0 Å². The van der Waals surface area contributed by atoms with Crippen LogP contribution in [0, 0.1) is 0 Å². The van der Waals surface area contributed by atoms with E-state index in [-0.39, 0.29) is 35.2 Å². The Bertz CT molecular complexity index is 2020. The number of benzene rings is 3. The molecule has 0 amide bonds. The van der Waals surface area contributed by atoms with Gasteiger partial charge in [-0.05, 0) is 59.6 Å². The molecule has 1 aliphatic heterocycles. The van der Waals surface area contributed by atoms with Gasteiger partial charge in [-0.2, -0.15) is 4.31 Å². The Morgan fingerprint density at radius 3 is 2.51 bits per heavy atom. The van der Waals surface area contributed by atoms with Crippen LogP contribution in [0.25, 0.3) is 33.0 Å². The molecule has 1 saturated heterocycles. The fourth-order valence-electron chi connectivity index (χ4n) is 5.31. The van der Waals surface area contributed by atoms with Crippen LogP contribution in [-0.4, -0.2) is 50.7 Å². The zero-order valence-corrected chi connectivity index (χ0v) is 22.2. The maximum atomic E-state index is 13.7. The van der Waals surface area contributed by atoms with Gasteiger partial charge in [0.15, 0.2) is 11.0 Å². The molecule has 0 bridgehead atoms. The van der Waals surface area contributed by atoms with E-state index in [4.69, 9.17) is 4.63 Å². The Morgan fingerprint density at radius 1 is 0.872 bits per heavy atom. The van der Waals surface area contributed by atoms with Crippen molar-refractivity contribution in [2.75, 3.05) is 13.1 Å². The molecule has 0 radical (unpaired) electrons. The van der Waals surface area contributed by atoms with Crippen molar-refractivity contribution in [3.05, 3.63) is 83.4 Å². The van der Waals surface area contributed by atoms with E-state index in [0.717, 1.165) is 31.7 Å². The van der Waals surface area contributed by atoms with E-state index in [0.29, 0.717) is 18.4 Å². The number of para-hydroxylation sites is 3. The molecule has 0 unspecified atom stereocenters. The first-order chi connectivity index (χ1) is 19.0. The molecule has 39 heavy (non-hydrogen) atoms. The van der Waals surface area contributed by atoms with Crippen molar-refractivity contribution < 1.29 is 13.0 Å². The van der Waals surface area contributed by atoms with Gasteiger partial charge < -0.3 is 4.98 Å². The molecule has 0 spiro atoms. The molecule has 3 aromatic carbocycles. The first-order valence-corrected chi connectivity index (χ1v) is 14.7. The van der Waals surface area contributed by atoms with E-state index in [1.165, 1.54) is 16.1 Å². The summed E-state index contributed by atoms with van der Waals surface area (Å²) >= 11 is 1.44. The number of H-pyrrole nitrogens is 1. The van der Waals surface area contributed by atoms with Gasteiger partial charge in [0.25, 0.3) is 0 Å². The third kappa shape index (κ3) is 4.03. The van der Waals surface area contributed by atoms with Crippen LogP contribution in [0.1, 0.15) is 18.9 Å². The molecule has 1 aliphatic rings. The molecule has 7 rings (SSSR count). The lowest BCUT2D eigenvalue weighted by molar-refractivity contribution is 0.274. The molecule has 1 fully saturated rings. The van der Waals surface area contributed by atoms with Gasteiger partial charge in [0.2, 0.25) is 10.0 Å². The summed E-state index contributed by atoms with van der Waals surface area (Å²) in [4.78, 5) is 21.7. The Balaban J connectivity index is 1.17. The summed E-state index contributed by atoms with van der Waals surface area (Å²) in [7, 11) is -3.87. The lowest BCUT2D eigenvalue weighted by atomic mass is 10.1. The first kappa shape index (κ1) is 24.1. The van der Waals surface area contributed by atoms with Gasteiger partial charge in [-0.25, -0.2) is 17.8 Å². The van der Waals surface area contributed by atoms with Crippen LogP contribution in [0.2, 0.25) is 0 Å². The van der Waals surface area contributed by atoms with Gasteiger partial charge >= 0.3 is 5.69 Å². The summed E-state index contributed by atoms with van der Waals surface area (Å²) in [5.74, 6) is 0. The lowest BCUT2D eigenvalue weighted by Gasteiger charge is -2.31. The predicted molar refractivity (Wildman–Crippen MR) is 147 cm³/mol. The van der Waals surface area contributed by atoms with Crippen LogP contribution >= 0.6 is 11.8 Å². The van der Waals surface area contributed by atoms with Gasteiger partial charge in [0.05, 0.1) is 16.6 Å². The van der Waals surface area contributed by atoms with Gasteiger partial charge in [0, 0.05) is 40.5 Å². The van der Waals surface area contributed by atoms with Gasteiger partial charge in [-0.3, -0.25) is 9.55 Å². The number of hydrogen-bond donors (Lipinski definition) is 1. The smallest absolute Gasteiger partial charge is 0.306 e. The van der Waals surface area contributed by atoms with Crippen LogP contribution in [-0.2, 0) is 10.0 Å². The summed E-state index contributed by atoms with van der Waals surface area (Å²) in [5.41, 5.74) is 2.85. The van der Waals surface area contributed by atoms with E-state index in [1.54, 1.807) is 22.9 Å². The zero-order chi connectivity index (χ0) is 26.6. The number of fused-ring (bicyclic) bond motifs is 3. The van der Waals surface area contributed by atoms with E-state index in [1.807, 2.05) is 54.6 Å². The topological polar surface area (TPSA) is 127 Å². The van der Waals surface area contributed by atoms with Crippen LogP contribution in [0.4, 0.5) is 0 Å². The van der Waals surface area contributed by atoms with Crippen molar-refractivity contribution in [2.45, 2.75) is 33.6 Å². The predicted octanol–water partition coefficient (Wildman–Crippen LogP) is 4.59. The van der Waals surface area contributed by atoms with Gasteiger partial charge in [-0.1, -0.05) is 42.1 Å². The number of nitrogens with one attached hydrogen (secondary N) is 1. The minimum atomic E-state index is -3.87. The number of pyridine rings is 1. The van der Waals surface area contributed by atoms with Crippen molar-refractivity contribution >= 4 is 54.8 Å². The fraction of sp³-hybridized carbons (Fsp3) is 0.185. The number of nitrogens with zero attached hydrogens (tertiary/aromatic N) is 5. The second kappa shape index (κ2) is 9.33. The first-order valence-electron chi connectivity index (χ1n) is 12.5. The van der Waals surface area contributed by atoms with E-state index < -0.39 is 10.0 Å². The number of sulfonamides is 1. The van der Waals surface area contributed by atoms with Crippen molar-refractivity contribution in [1.29, 1.82) is 0 Å². The quantitative estimate of drug-likeness (QED) is 0.326. The third-order valence-corrected chi connectivity index (χ3v) is 10.2. The van der Waals surface area contributed by atoms with Crippen LogP contribution in [0.5, 0.6) is 0 Å². The summed E-state index contributed by atoms with van der Waals surface area (Å²) < 4.78 is 35.7. The summed E-state index contributed by atoms with van der Waals surface area (Å²) in [6.45, 7) is 0.563. The van der Waals surface area contributed by atoms with Crippen molar-refractivity contribution in [3.63, 3.8) is 0 Å². The summed E-state index contributed by atoms with van der Waals surface area (Å²) in [5, 5.41) is 9.03. The van der Waals surface area contributed by atoms with E-state index in [9.17, 15) is 13.2 Å². The summed E-state index contributed by atoms with van der Waals surface area (Å²) in [6.07, 6.45) is 2.78.